The molecule has 1 unspecified atom stereocenters. The molecule has 0 radical (unpaired) electrons. The van der Waals surface area contributed by atoms with Gasteiger partial charge in [-0.15, -0.1) is 10.2 Å². The van der Waals surface area contributed by atoms with Gasteiger partial charge in [0.05, 0.1) is 12.2 Å². The molecule has 4 aromatic rings. The number of imidazole rings is 1. The Balaban J connectivity index is 1.49. The number of nitrogens with zero attached hydrogens (tertiary/aromatic N) is 8. The van der Waals surface area contributed by atoms with Gasteiger partial charge in [0.15, 0.2) is 11.6 Å². The van der Waals surface area contributed by atoms with Gasteiger partial charge in [0.2, 0.25) is 11.9 Å². The molecule has 2 atom stereocenters. The predicted molar refractivity (Wildman–Crippen MR) is 118 cm³/mol. The van der Waals surface area contributed by atoms with Gasteiger partial charge in [-0.1, -0.05) is 6.92 Å². The van der Waals surface area contributed by atoms with Crippen molar-refractivity contribution in [3.63, 3.8) is 0 Å². The maximum atomic E-state index is 14.2. The number of hydrogen-bond acceptors (Lipinski definition) is 6. The van der Waals surface area contributed by atoms with Crippen LogP contribution < -0.4 is 4.90 Å². The SMILES string of the molecule is CC[C@@H]1c2nncn2-c2cnc(-n3ccnc3-c3ccc(F)cc3)nc2N1C1CCC(F)(F)C1. The standard InChI is InChI=1S/C23H21F3N8/c1-2-17-21-31-29-13-33(21)18-12-28-22(30-20(18)34(17)16-7-8-23(25,26)11-16)32-10-9-27-19(32)14-3-5-15(24)6-4-14/h3-6,9-10,12-13,16-17H,2,7-8,11H2,1H3/t16?,17-/m1/s1. The van der Waals surface area contributed by atoms with Gasteiger partial charge in [-0.25, -0.2) is 23.1 Å². The minimum Gasteiger partial charge on any atom is -0.341 e. The number of rotatable bonds is 4. The average Bonchev–Trinajstić information content (AvgIpc) is 3.58. The van der Waals surface area contributed by atoms with Crippen molar-refractivity contribution in [2.24, 2.45) is 0 Å². The lowest BCUT2D eigenvalue weighted by atomic mass is 10.0. The topological polar surface area (TPSA) is 77.5 Å². The number of aromatic nitrogens is 7. The van der Waals surface area contributed by atoms with E-state index in [0.29, 0.717) is 47.5 Å². The molecule has 1 aromatic carbocycles. The zero-order valence-corrected chi connectivity index (χ0v) is 18.3. The van der Waals surface area contributed by atoms with Gasteiger partial charge in [0.25, 0.3) is 0 Å². The molecule has 0 amide bonds. The summed E-state index contributed by atoms with van der Waals surface area (Å²) in [5, 5.41) is 8.34. The van der Waals surface area contributed by atoms with E-state index in [1.165, 1.54) is 12.1 Å². The second-order valence-corrected chi connectivity index (χ2v) is 8.65. The van der Waals surface area contributed by atoms with E-state index in [1.54, 1.807) is 41.6 Å². The number of alkyl halides is 2. The Bertz CT molecular complexity index is 1350. The van der Waals surface area contributed by atoms with Crippen LogP contribution >= 0.6 is 0 Å². The third-order valence-corrected chi connectivity index (χ3v) is 6.57. The average molecular weight is 466 g/mol. The molecule has 174 valence electrons. The van der Waals surface area contributed by atoms with Gasteiger partial charge in [-0.2, -0.15) is 4.98 Å². The van der Waals surface area contributed by atoms with E-state index in [1.807, 2.05) is 16.4 Å². The normalized spacial score (nSPS) is 20.9. The Kier molecular flexibility index (Phi) is 4.68. The van der Waals surface area contributed by atoms with Crippen molar-refractivity contribution in [3.8, 4) is 23.0 Å². The highest BCUT2D eigenvalue weighted by atomic mass is 19.3. The van der Waals surface area contributed by atoms with E-state index in [-0.39, 0.29) is 30.7 Å². The molecule has 34 heavy (non-hydrogen) atoms. The molecule has 0 N–H and O–H groups in total. The van der Waals surface area contributed by atoms with E-state index in [4.69, 9.17) is 4.98 Å². The van der Waals surface area contributed by atoms with E-state index >= 15 is 0 Å². The number of anilines is 1. The first kappa shape index (κ1) is 20.8. The molecule has 6 rings (SSSR count). The highest BCUT2D eigenvalue weighted by molar-refractivity contribution is 5.64. The van der Waals surface area contributed by atoms with Crippen LogP contribution in [0.2, 0.25) is 0 Å². The lowest BCUT2D eigenvalue weighted by Gasteiger charge is -2.40. The minimum absolute atomic E-state index is 0.152. The second-order valence-electron chi connectivity index (χ2n) is 8.65. The summed E-state index contributed by atoms with van der Waals surface area (Å²) in [4.78, 5) is 15.8. The molecule has 1 saturated carbocycles. The van der Waals surface area contributed by atoms with Crippen LogP contribution in [0.1, 0.15) is 44.5 Å². The predicted octanol–water partition coefficient (Wildman–Crippen LogP) is 4.51. The molecular formula is C23H21F3N8. The van der Waals surface area contributed by atoms with Crippen molar-refractivity contribution >= 4 is 5.82 Å². The molecule has 4 heterocycles. The first-order chi connectivity index (χ1) is 16.4. The largest absolute Gasteiger partial charge is 0.341 e. The monoisotopic (exact) mass is 466 g/mol. The Morgan fingerprint density at radius 1 is 1.12 bits per heavy atom. The summed E-state index contributed by atoms with van der Waals surface area (Å²) in [6, 6.07) is 5.38. The summed E-state index contributed by atoms with van der Waals surface area (Å²) in [5.74, 6) is -0.902. The highest BCUT2D eigenvalue weighted by Crippen LogP contribution is 2.46. The first-order valence-electron chi connectivity index (χ1n) is 11.2. The Morgan fingerprint density at radius 2 is 1.94 bits per heavy atom. The zero-order valence-electron chi connectivity index (χ0n) is 18.3. The Hall–Kier alpha value is -3.76. The summed E-state index contributed by atoms with van der Waals surface area (Å²) in [7, 11) is 0. The lowest BCUT2D eigenvalue weighted by molar-refractivity contribution is 0.00746. The van der Waals surface area contributed by atoms with E-state index in [9.17, 15) is 13.2 Å². The van der Waals surface area contributed by atoms with Gasteiger partial charge in [-0.05, 0) is 37.1 Å². The Labute approximate surface area is 193 Å². The summed E-state index contributed by atoms with van der Waals surface area (Å²) in [6.45, 7) is 2.00. The number of fused-ring (bicyclic) bond motifs is 3. The van der Waals surface area contributed by atoms with Crippen molar-refractivity contribution in [2.45, 2.75) is 50.6 Å². The van der Waals surface area contributed by atoms with Gasteiger partial charge in [-0.3, -0.25) is 9.13 Å². The summed E-state index contributed by atoms with van der Waals surface area (Å²) in [5.41, 5.74) is 1.35. The first-order valence-corrected chi connectivity index (χ1v) is 11.2. The van der Waals surface area contributed by atoms with E-state index < -0.39 is 5.92 Å². The van der Waals surface area contributed by atoms with Crippen LogP contribution in [0.15, 0.2) is 49.2 Å². The summed E-state index contributed by atoms with van der Waals surface area (Å²) < 4.78 is 45.4. The highest BCUT2D eigenvalue weighted by Gasteiger charge is 2.46. The fourth-order valence-corrected chi connectivity index (χ4v) is 5.01. The molecule has 0 bridgehead atoms. The molecule has 1 aliphatic heterocycles. The lowest BCUT2D eigenvalue weighted by Crippen LogP contribution is -2.42. The van der Waals surface area contributed by atoms with Crippen molar-refractivity contribution in [1.82, 2.24) is 34.3 Å². The number of halogens is 3. The molecule has 0 saturated heterocycles. The number of hydrogen-bond donors (Lipinski definition) is 0. The van der Waals surface area contributed by atoms with Crippen molar-refractivity contribution < 1.29 is 13.2 Å². The third-order valence-electron chi connectivity index (χ3n) is 6.57. The van der Waals surface area contributed by atoms with Crippen molar-refractivity contribution in [1.29, 1.82) is 0 Å². The van der Waals surface area contributed by atoms with Crippen LogP contribution in [0.4, 0.5) is 19.0 Å². The maximum Gasteiger partial charge on any atom is 0.250 e. The molecule has 1 aliphatic carbocycles. The second kappa shape index (κ2) is 7.64. The summed E-state index contributed by atoms with van der Waals surface area (Å²) in [6.07, 6.45) is 7.23. The van der Waals surface area contributed by atoms with Gasteiger partial charge < -0.3 is 4.90 Å². The van der Waals surface area contributed by atoms with Crippen LogP contribution in [-0.2, 0) is 0 Å². The van der Waals surface area contributed by atoms with E-state index in [0.717, 1.165) is 0 Å². The maximum absolute atomic E-state index is 14.2. The molecule has 11 heteroatoms. The fourth-order valence-electron chi connectivity index (χ4n) is 5.01. The molecule has 8 nitrogen and oxygen atoms in total. The quantitative estimate of drug-likeness (QED) is 0.441. The van der Waals surface area contributed by atoms with Crippen LogP contribution in [-0.4, -0.2) is 46.2 Å². The minimum atomic E-state index is -2.70. The van der Waals surface area contributed by atoms with Gasteiger partial charge >= 0.3 is 0 Å². The van der Waals surface area contributed by atoms with Crippen molar-refractivity contribution in [2.75, 3.05) is 4.90 Å². The molecule has 3 aromatic heterocycles. The van der Waals surface area contributed by atoms with Crippen LogP contribution in [0.25, 0.3) is 23.0 Å². The molecule has 0 spiro atoms. The number of benzene rings is 1. The smallest absolute Gasteiger partial charge is 0.250 e. The van der Waals surface area contributed by atoms with Crippen LogP contribution in [0.3, 0.4) is 0 Å². The van der Waals surface area contributed by atoms with Crippen LogP contribution in [0, 0.1) is 5.82 Å². The van der Waals surface area contributed by atoms with Gasteiger partial charge in [0.1, 0.15) is 23.7 Å². The fraction of sp³-hybridized carbons (Fsp3) is 0.348. The van der Waals surface area contributed by atoms with Gasteiger partial charge in [0, 0.05) is 36.8 Å². The Morgan fingerprint density at radius 3 is 2.68 bits per heavy atom. The third kappa shape index (κ3) is 3.25. The molecule has 2 aliphatic rings. The van der Waals surface area contributed by atoms with Crippen LogP contribution in [0.5, 0.6) is 0 Å². The van der Waals surface area contributed by atoms with Crippen molar-refractivity contribution in [3.05, 3.63) is 60.8 Å². The summed E-state index contributed by atoms with van der Waals surface area (Å²) >= 11 is 0. The van der Waals surface area contributed by atoms with E-state index in [2.05, 4.69) is 20.2 Å². The molecular weight excluding hydrogens is 445 g/mol. The molecule has 1 fully saturated rings. The zero-order chi connectivity index (χ0) is 23.4.